The van der Waals surface area contributed by atoms with Crippen molar-refractivity contribution in [3.63, 3.8) is 0 Å². The highest BCUT2D eigenvalue weighted by molar-refractivity contribution is 5.79. The molecule has 1 fully saturated rings. The maximum atomic E-state index is 5.43. The van der Waals surface area contributed by atoms with Crippen LogP contribution in [0.15, 0.2) is 29.4 Å². The molecule has 2 atom stereocenters. The molecule has 1 aromatic rings. The summed E-state index contributed by atoms with van der Waals surface area (Å²) in [5.74, 6) is 0.916. The number of benzene rings is 1. The molecule has 0 aromatic heterocycles. The summed E-state index contributed by atoms with van der Waals surface area (Å²) in [5.41, 5.74) is 1.12. The minimum atomic E-state index is 0.544. The van der Waals surface area contributed by atoms with Gasteiger partial charge in [-0.1, -0.05) is 0 Å². The molecular formula is C16H24N2O. The van der Waals surface area contributed by atoms with Crippen molar-refractivity contribution < 1.29 is 4.74 Å². The lowest BCUT2D eigenvalue weighted by Gasteiger charge is -2.36. The van der Waals surface area contributed by atoms with Crippen molar-refractivity contribution in [3.05, 3.63) is 29.8 Å². The fourth-order valence-electron chi connectivity index (χ4n) is 2.59. The zero-order chi connectivity index (χ0) is 13.7. The lowest BCUT2D eigenvalue weighted by molar-refractivity contribution is 0.109. The molecule has 1 aromatic carbocycles. The molecule has 1 aliphatic rings. The standard InChI is InChI=1S/C16H24N2O/c1-4-19-16-10-8-15(9-11-16)12-17-18-13(2)6-5-7-14(18)3/h8-14H,4-7H2,1-3H3. The SMILES string of the molecule is CCOc1ccc(C=NN2C(C)CCCC2C)cc1. The van der Waals surface area contributed by atoms with E-state index in [4.69, 9.17) is 4.74 Å². The van der Waals surface area contributed by atoms with Gasteiger partial charge in [-0.25, -0.2) is 0 Å². The van der Waals surface area contributed by atoms with E-state index < -0.39 is 0 Å². The molecule has 0 bridgehead atoms. The van der Waals surface area contributed by atoms with Gasteiger partial charge in [0.15, 0.2) is 0 Å². The minimum absolute atomic E-state index is 0.544. The van der Waals surface area contributed by atoms with E-state index >= 15 is 0 Å². The summed E-state index contributed by atoms with van der Waals surface area (Å²) in [4.78, 5) is 0. The molecule has 0 amide bonds. The predicted molar refractivity (Wildman–Crippen MR) is 79.8 cm³/mol. The Morgan fingerprint density at radius 1 is 1.21 bits per heavy atom. The molecular weight excluding hydrogens is 236 g/mol. The third kappa shape index (κ3) is 3.72. The largest absolute Gasteiger partial charge is 0.494 e. The molecule has 0 N–H and O–H groups in total. The fourth-order valence-corrected chi connectivity index (χ4v) is 2.59. The second-order valence-corrected chi connectivity index (χ2v) is 5.26. The third-order valence-electron chi connectivity index (χ3n) is 3.68. The molecule has 104 valence electrons. The molecule has 0 radical (unpaired) electrons. The molecule has 3 heteroatoms. The molecule has 3 nitrogen and oxygen atoms in total. The van der Waals surface area contributed by atoms with Gasteiger partial charge in [0.25, 0.3) is 0 Å². The van der Waals surface area contributed by atoms with Gasteiger partial charge in [-0.2, -0.15) is 5.10 Å². The van der Waals surface area contributed by atoms with Crippen LogP contribution >= 0.6 is 0 Å². The monoisotopic (exact) mass is 260 g/mol. The molecule has 1 aliphatic heterocycles. The maximum absolute atomic E-state index is 5.43. The van der Waals surface area contributed by atoms with E-state index in [0.717, 1.165) is 11.3 Å². The number of hydrogen-bond acceptors (Lipinski definition) is 3. The molecule has 2 unspecified atom stereocenters. The van der Waals surface area contributed by atoms with Crippen LogP contribution in [-0.2, 0) is 0 Å². The van der Waals surface area contributed by atoms with Crippen molar-refractivity contribution in [3.8, 4) is 5.75 Å². The fraction of sp³-hybridized carbons (Fsp3) is 0.562. The third-order valence-corrected chi connectivity index (χ3v) is 3.68. The van der Waals surface area contributed by atoms with Crippen LogP contribution in [0.25, 0.3) is 0 Å². The van der Waals surface area contributed by atoms with Gasteiger partial charge in [-0.3, -0.25) is 5.01 Å². The van der Waals surface area contributed by atoms with Crippen LogP contribution in [0.2, 0.25) is 0 Å². The Hall–Kier alpha value is -1.51. The molecule has 2 rings (SSSR count). The summed E-state index contributed by atoms with van der Waals surface area (Å²) in [6.07, 6.45) is 5.75. The lowest BCUT2D eigenvalue weighted by atomic mass is 10.00. The van der Waals surface area contributed by atoms with Gasteiger partial charge in [0, 0.05) is 12.1 Å². The first-order chi connectivity index (χ1) is 9.20. The van der Waals surface area contributed by atoms with E-state index in [1.165, 1.54) is 19.3 Å². The molecule has 19 heavy (non-hydrogen) atoms. The Bertz CT molecular complexity index is 403. The number of ether oxygens (including phenoxy) is 1. The first-order valence-corrected chi connectivity index (χ1v) is 7.26. The first-order valence-electron chi connectivity index (χ1n) is 7.26. The number of nitrogens with zero attached hydrogens (tertiary/aromatic N) is 2. The van der Waals surface area contributed by atoms with E-state index in [2.05, 4.69) is 24.0 Å². The minimum Gasteiger partial charge on any atom is -0.494 e. The highest BCUT2D eigenvalue weighted by Gasteiger charge is 2.22. The predicted octanol–water partition coefficient (Wildman–Crippen LogP) is 3.68. The van der Waals surface area contributed by atoms with E-state index in [0.29, 0.717) is 18.7 Å². The van der Waals surface area contributed by atoms with Crippen LogP contribution in [0.3, 0.4) is 0 Å². The number of piperidine rings is 1. The van der Waals surface area contributed by atoms with Gasteiger partial charge < -0.3 is 4.74 Å². The van der Waals surface area contributed by atoms with Gasteiger partial charge in [0.05, 0.1) is 12.8 Å². The summed E-state index contributed by atoms with van der Waals surface area (Å²) in [6, 6.07) is 9.18. The van der Waals surface area contributed by atoms with Gasteiger partial charge >= 0.3 is 0 Å². The summed E-state index contributed by atoms with van der Waals surface area (Å²) in [5, 5.41) is 6.89. The van der Waals surface area contributed by atoms with Gasteiger partial charge in [-0.15, -0.1) is 0 Å². The molecule has 0 spiro atoms. The van der Waals surface area contributed by atoms with Crippen LogP contribution in [0, 0.1) is 0 Å². The van der Waals surface area contributed by atoms with Crippen LogP contribution < -0.4 is 4.74 Å². The van der Waals surface area contributed by atoms with E-state index in [1.807, 2.05) is 37.4 Å². The summed E-state index contributed by atoms with van der Waals surface area (Å²) in [6.45, 7) is 7.21. The molecule has 1 heterocycles. The van der Waals surface area contributed by atoms with Crippen LogP contribution in [0.1, 0.15) is 45.6 Å². The van der Waals surface area contributed by atoms with E-state index in [1.54, 1.807) is 0 Å². The Kier molecular flexibility index (Phi) is 4.83. The average molecular weight is 260 g/mol. The Morgan fingerprint density at radius 2 is 1.84 bits per heavy atom. The van der Waals surface area contributed by atoms with Gasteiger partial charge in [0.2, 0.25) is 0 Å². The van der Waals surface area contributed by atoms with Crippen LogP contribution in [0.5, 0.6) is 5.75 Å². The Morgan fingerprint density at radius 3 is 2.42 bits per heavy atom. The van der Waals surface area contributed by atoms with Gasteiger partial charge in [-0.05, 0) is 69.9 Å². The topological polar surface area (TPSA) is 24.8 Å². The van der Waals surface area contributed by atoms with E-state index in [-0.39, 0.29) is 0 Å². The number of rotatable bonds is 4. The number of hydrazone groups is 1. The zero-order valence-electron chi connectivity index (χ0n) is 12.2. The zero-order valence-corrected chi connectivity index (χ0v) is 12.2. The van der Waals surface area contributed by atoms with Crippen molar-refractivity contribution >= 4 is 6.21 Å². The van der Waals surface area contributed by atoms with Crippen molar-refractivity contribution in [2.45, 2.75) is 52.1 Å². The van der Waals surface area contributed by atoms with Crippen molar-refractivity contribution in [2.24, 2.45) is 5.10 Å². The van der Waals surface area contributed by atoms with Crippen molar-refractivity contribution in [1.29, 1.82) is 0 Å². The number of hydrogen-bond donors (Lipinski definition) is 0. The van der Waals surface area contributed by atoms with E-state index in [9.17, 15) is 0 Å². The normalized spacial score (nSPS) is 23.8. The second-order valence-electron chi connectivity index (χ2n) is 5.26. The highest BCUT2D eigenvalue weighted by Crippen LogP contribution is 2.22. The quantitative estimate of drug-likeness (QED) is 0.771. The van der Waals surface area contributed by atoms with Crippen LogP contribution in [-0.4, -0.2) is 29.9 Å². The molecule has 0 aliphatic carbocycles. The maximum Gasteiger partial charge on any atom is 0.119 e. The van der Waals surface area contributed by atoms with Crippen molar-refractivity contribution in [1.82, 2.24) is 5.01 Å². The van der Waals surface area contributed by atoms with Crippen molar-refractivity contribution in [2.75, 3.05) is 6.61 Å². The first kappa shape index (κ1) is 13.9. The summed E-state index contributed by atoms with van der Waals surface area (Å²) in [7, 11) is 0. The Labute approximate surface area is 116 Å². The highest BCUT2D eigenvalue weighted by atomic mass is 16.5. The molecule has 0 saturated carbocycles. The smallest absolute Gasteiger partial charge is 0.119 e. The van der Waals surface area contributed by atoms with Gasteiger partial charge in [0.1, 0.15) is 5.75 Å². The Balaban J connectivity index is 2.00. The lowest BCUT2D eigenvalue weighted by Crippen LogP contribution is -2.39. The second kappa shape index (κ2) is 6.60. The average Bonchev–Trinajstić information content (AvgIpc) is 2.40. The molecule has 1 saturated heterocycles. The van der Waals surface area contributed by atoms with Crippen LogP contribution in [0.4, 0.5) is 0 Å². The summed E-state index contributed by atoms with van der Waals surface area (Å²) >= 11 is 0. The summed E-state index contributed by atoms with van der Waals surface area (Å²) < 4.78 is 5.43.